The lowest BCUT2D eigenvalue weighted by Crippen LogP contribution is -2.24. The molecule has 0 aliphatic rings. The maximum atomic E-state index is 10.2. The maximum Gasteiger partial charge on any atom is 0.332 e. The van der Waals surface area contributed by atoms with Gasteiger partial charge < -0.3 is 10.2 Å². The van der Waals surface area contributed by atoms with E-state index in [-0.39, 0.29) is 0 Å². The van der Waals surface area contributed by atoms with Crippen molar-refractivity contribution >= 4 is 50.8 Å². The van der Waals surface area contributed by atoms with Crippen LogP contribution in [0, 0.1) is 3.77 Å². The maximum absolute atomic E-state index is 10.2. The van der Waals surface area contributed by atoms with Crippen molar-refractivity contribution in [3.05, 3.63) is 20.1 Å². The molecule has 2 amide bonds. The van der Waals surface area contributed by atoms with Gasteiger partial charge in [-0.2, -0.15) is 5.10 Å². The molecule has 3 N–H and O–H groups in total. The molecule has 0 saturated heterocycles. The molecule has 1 aromatic rings. The molecule has 13 heavy (non-hydrogen) atoms. The third-order valence-electron chi connectivity index (χ3n) is 1.03. The summed E-state index contributed by atoms with van der Waals surface area (Å²) in [4.78, 5) is 10.2. The summed E-state index contributed by atoms with van der Waals surface area (Å²) in [5.74, 6) is 0.532. The van der Waals surface area contributed by atoms with Gasteiger partial charge in [-0.15, -0.1) is 0 Å². The molecule has 7 heteroatoms. The number of amides is 2. The van der Waals surface area contributed by atoms with Crippen LogP contribution in [0.15, 0.2) is 20.1 Å². The number of carbonyl (C=O) groups is 1. The van der Waals surface area contributed by atoms with Crippen LogP contribution in [0.3, 0.4) is 0 Å². The zero-order chi connectivity index (χ0) is 9.84. The Morgan fingerprint density at radius 3 is 3.00 bits per heavy atom. The topological polar surface area (TPSA) is 80.6 Å². The van der Waals surface area contributed by atoms with E-state index in [2.05, 4.69) is 26.5 Å². The number of primary amides is 1. The van der Waals surface area contributed by atoms with Gasteiger partial charge in [-0.25, -0.2) is 10.2 Å². The Bertz CT molecular complexity index is 330. The molecule has 0 radical (unpaired) electrons. The van der Waals surface area contributed by atoms with Crippen LogP contribution < -0.4 is 11.2 Å². The summed E-state index contributed by atoms with van der Waals surface area (Å²) < 4.78 is 6.76. The minimum Gasteiger partial charge on any atom is -0.448 e. The highest BCUT2D eigenvalue weighted by Gasteiger charge is 2.02. The van der Waals surface area contributed by atoms with E-state index < -0.39 is 6.03 Å². The average Bonchev–Trinajstić information content (AvgIpc) is 2.30. The number of hydrazone groups is 1. The number of rotatable bonds is 2. The monoisotopic (exact) mass is 357 g/mol. The molecular weight excluding hydrogens is 353 g/mol. The van der Waals surface area contributed by atoms with Gasteiger partial charge in [0.25, 0.3) is 0 Å². The van der Waals surface area contributed by atoms with Gasteiger partial charge in [0.15, 0.2) is 3.77 Å². The highest BCUT2D eigenvalue weighted by molar-refractivity contribution is 14.1. The second-order valence-electron chi connectivity index (χ2n) is 2.00. The lowest BCUT2D eigenvalue weighted by Gasteiger charge is -1.88. The van der Waals surface area contributed by atoms with E-state index in [1.54, 1.807) is 6.07 Å². The quantitative estimate of drug-likeness (QED) is 0.479. The van der Waals surface area contributed by atoms with Gasteiger partial charge in [0, 0.05) is 28.7 Å². The Labute approximate surface area is 96.0 Å². The zero-order valence-electron chi connectivity index (χ0n) is 6.25. The summed E-state index contributed by atoms with van der Waals surface area (Å²) in [6, 6.07) is 1.02. The summed E-state index contributed by atoms with van der Waals surface area (Å²) in [5.41, 5.74) is 6.84. The Balaban J connectivity index is 2.64. The zero-order valence-corrected chi connectivity index (χ0v) is 10.00. The number of halogens is 2. The Hall–Kier alpha value is -0.570. The third kappa shape index (κ3) is 3.35. The van der Waals surface area contributed by atoms with Gasteiger partial charge in [-0.1, -0.05) is 0 Å². The molecule has 1 heterocycles. The van der Waals surface area contributed by atoms with Crippen LogP contribution in [-0.4, -0.2) is 12.2 Å². The van der Waals surface area contributed by atoms with Gasteiger partial charge in [0.1, 0.15) is 5.76 Å². The summed E-state index contributed by atoms with van der Waals surface area (Å²) in [7, 11) is 0. The van der Waals surface area contributed by atoms with Crippen molar-refractivity contribution in [2.75, 3.05) is 0 Å². The van der Waals surface area contributed by atoms with E-state index in [0.29, 0.717) is 5.76 Å². The van der Waals surface area contributed by atoms with E-state index in [1.165, 1.54) is 6.21 Å². The van der Waals surface area contributed by atoms with Crippen molar-refractivity contribution < 1.29 is 9.21 Å². The van der Waals surface area contributed by atoms with Crippen molar-refractivity contribution in [3.8, 4) is 0 Å². The summed E-state index contributed by atoms with van der Waals surface area (Å²) >= 11 is 5.28. The molecule has 0 fully saturated rings. The first-order valence-corrected chi connectivity index (χ1v) is 5.00. The smallest absolute Gasteiger partial charge is 0.332 e. The molecule has 0 aliphatic carbocycles. The fraction of sp³-hybridized carbons (Fsp3) is 0. The lowest BCUT2D eigenvalue weighted by atomic mass is 10.5. The molecule has 0 aromatic carbocycles. The van der Waals surface area contributed by atoms with E-state index in [1.807, 2.05) is 22.6 Å². The highest BCUT2D eigenvalue weighted by Crippen LogP contribution is 2.21. The lowest BCUT2D eigenvalue weighted by molar-refractivity contribution is 0.249. The Kier molecular flexibility index (Phi) is 3.72. The van der Waals surface area contributed by atoms with Gasteiger partial charge in [-0.3, -0.25) is 0 Å². The van der Waals surface area contributed by atoms with E-state index in [0.717, 1.165) is 8.24 Å². The number of furan rings is 1. The fourth-order valence-corrected chi connectivity index (χ4v) is 1.30. The normalized spacial score (nSPS) is 10.6. The number of nitrogens with one attached hydrogen (secondary N) is 1. The first-order chi connectivity index (χ1) is 6.09. The van der Waals surface area contributed by atoms with Crippen LogP contribution in [0.25, 0.3) is 0 Å². The Morgan fingerprint density at radius 1 is 1.85 bits per heavy atom. The first-order valence-electron chi connectivity index (χ1n) is 3.13. The summed E-state index contributed by atoms with van der Waals surface area (Å²) in [6.07, 6.45) is 1.36. The van der Waals surface area contributed by atoms with E-state index >= 15 is 0 Å². The van der Waals surface area contributed by atoms with Crippen molar-refractivity contribution in [2.24, 2.45) is 10.8 Å². The summed E-state index contributed by atoms with van der Waals surface area (Å²) in [6.45, 7) is 0. The van der Waals surface area contributed by atoms with Crippen molar-refractivity contribution in [1.82, 2.24) is 5.43 Å². The molecule has 0 spiro atoms. The first kappa shape index (κ1) is 10.5. The van der Waals surface area contributed by atoms with Crippen LogP contribution in [0.2, 0.25) is 0 Å². The number of carbonyl (C=O) groups excluding carboxylic acids is 1. The second-order valence-corrected chi connectivity index (χ2v) is 3.84. The molecule has 0 saturated carbocycles. The van der Waals surface area contributed by atoms with Gasteiger partial charge in [0.2, 0.25) is 0 Å². The molecule has 70 valence electrons. The molecule has 0 aliphatic heterocycles. The van der Waals surface area contributed by atoms with Crippen LogP contribution in [0.1, 0.15) is 5.76 Å². The number of nitrogens with two attached hydrogens (primary N) is 1. The van der Waals surface area contributed by atoms with E-state index in [4.69, 9.17) is 10.2 Å². The van der Waals surface area contributed by atoms with Crippen LogP contribution in [0.5, 0.6) is 0 Å². The van der Waals surface area contributed by atoms with Crippen molar-refractivity contribution in [2.45, 2.75) is 0 Å². The molecule has 0 unspecified atom stereocenters. The van der Waals surface area contributed by atoms with Gasteiger partial charge in [-0.05, 0) is 15.9 Å². The number of urea groups is 1. The molecular formula is C6H5BrIN3O2. The van der Waals surface area contributed by atoms with Crippen LogP contribution in [-0.2, 0) is 0 Å². The standard InChI is InChI=1S/C6H5BrIN3O2/c7-4-1-3(13-5(4)8)2-10-11-6(9)12/h1-2H,(H3,9,11,12)/b10-2-. The average molecular weight is 358 g/mol. The van der Waals surface area contributed by atoms with Crippen LogP contribution >= 0.6 is 38.5 Å². The fourth-order valence-electron chi connectivity index (χ4n) is 0.586. The molecule has 0 bridgehead atoms. The number of hydrogen-bond acceptors (Lipinski definition) is 3. The van der Waals surface area contributed by atoms with Crippen LogP contribution in [0.4, 0.5) is 4.79 Å². The SMILES string of the molecule is NC(=O)N/N=C\c1cc(Br)c(I)o1. The number of nitrogens with zero attached hydrogens (tertiary/aromatic N) is 1. The predicted octanol–water partition coefficient (Wildman–Crippen LogP) is 1.65. The molecule has 1 aromatic heterocycles. The predicted molar refractivity (Wildman–Crippen MR) is 59.4 cm³/mol. The van der Waals surface area contributed by atoms with Gasteiger partial charge >= 0.3 is 6.03 Å². The van der Waals surface area contributed by atoms with Crippen molar-refractivity contribution in [3.63, 3.8) is 0 Å². The van der Waals surface area contributed by atoms with Crippen molar-refractivity contribution in [1.29, 1.82) is 0 Å². The highest BCUT2D eigenvalue weighted by atomic mass is 127. The Morgan fingerprint density at radius 2 is 2.54 bits per heavy atom. The largest absolute Gasteiger partial charge is 0.448 e. The number of hydrogen-bond donors (Lipinski definition) is 2. The minimum atomic E-state index is -0.712. The summed E-state index contributed by atoms with van der Waals surface area (Å²) in [5, 5.41) is 3.53. The molecule has 0 atom stereocenters. The molecule has 5 nitrogen and oxygen atoms in total. The minimum absolute atomic E-state index is 0.532. The second kappa shape index (κ2) is 4.61. The van der Waals surface area contributed by atoms with Gasteiger partial charge in [0.05, 0.1) is 10.7 Å². The third-order valence-corrected chi connectivity index (χ3v) is 3.16. The van der Waals surface area contributed by atoms with E-state index in [9.17, 15) is 4.79 Å². The molecule has 1 rings (SSSR count).